The lowest BCUT2D eigenvalue weighted by Crippen LogP contribution is -2.27. The molecular formula is C16H10Cl2F4N2O. The SMILES string of the molecule is O=C(NC(=C(Cl)Cl)c1ccc(F)cc1)Nc1cccc(C(F)(F)F)c1. The molecule has 0 aliphatic rings. The van der Waals surface area contributed by atoms with Crippen molar-refractivity contribution in [1.82, 2.24) is 5.32 Å². The molecule has 0 heterocycles. The Hall–Kier alpha value is -2.25. The normalized spacial score (nSPS) is 11.0. The van der Waals surface area contributed by atoms with Crippen LogP contribution in [0.2, 0.25) is 0 Å². The third-order valence-corrected chi connectivity index (χ3v) is 3.39. The highest BCUT2D eigenvalue weighted by Crippen LogP contribution is 2.30. The topological polar surface area (TPSA) is 41.1 Å². The zero-order valence-corrected chi connectivity index (χ0v) is 13.8. The third kappa shape index (κ3) is 5.37. The minimum atomic E-state index is -4.53. The standard InChI is InChI=1S/C16H10Cl2F4N2O/c17-14(18)13(9-4-6-11(19)7-5-9)24-15(25)23-12-3-1-2-10(8-12)16(20,21)22/h1-8H,(H2,23,24,25). The number of carbonyl (C=O) groups is 1. The molecule has 0 aromatic heterocycles. The summed E-state index contributed by atoms with van der Waals surface area (Å²) in [5.41, 5.74) is -0.681. The molecule has 0 atom stereocenters. The van der Waals surface area contributed by atoms with Crippen LogP contribution in [0.25, 0.3) is 5.70 Å². The van der Waals surface area contributed by atoms with E-state index in [1.54, 1.807) is 0 Å². The number of anilines is 1. The predicted molar refractivity (Wildman–Crippen MR) is 88.6 cm³/mol. The van der Waals surface area contributed by atoms with Crippen LogP contribution in [-0.2, 0) is 6.18 Å². The summed E-state index contributed by atoms with van der Waals surface area (Å²) >= 11 is 11.4. The van der Waals surface area contributed by atoms with Crippen LogP contribution in [0.4, 0.5) is 28.0 Å². The van der Waals surface area contributed by atoms with E-state index in [1.807, 2.05) is 0 Å². The van der Waals surface area contributed by atoms with Crippen LogP contribution in [0.5, 0.6) is 0 Å². The van der Waals surface area contributed by atoms with Crippen LogP contribution in [0.15, 0.2) is 53.0 Å². The van der Waals surface area contributed by atoms with E-state index in [0.717, 1.165) is 30.3 Å². The lowest BCUT2D eigenvalue weighted by Gasteiger charge is -2.13. The molecule has 0 saturated carbocycles. The maximum atomic E-state index is 13.0. The summed E-state index contributed by atoms with van der Waals surface area (Å²) in [4.78, 5) is 12.0. The van der Waals surface area contributed by atoms with E-state index in [4.69, 9.17) is 23.2 Å². The van der Waals surface area contributed by atoms with Crippen molar-refractivity contribution in [1.29, 1.82) is 0 Å². The summed E-state index contributed by atoms with van der Waals surface area (Å²) < 4.78 is 50.7. The number of alkyl halides is 3. The average molecular weight is 393 g/mol. The summed E-state index contributed by atoms with van der Waals surface area (Å²) in [6, 6.07) is 8.18. The number of benzene rings is 2. The Morgan fingerprint density at radius 3 is 2.20 bits per heavy atom. The molecule has 0 fully saturated rings. The first kappa shape index (κ1) is 19.1. The lowest BCUT2D eigenvalue weighted by molar-refractivity contribution is -0.137. The van der Waals surface area contributed by atoms with Gasteiger partial charge in [-0.2, -0.15) is 13.2 Å². The van der Waals surface area contributed by atoms with Gasteiger partial charge in [0.25, 0.3) is 0 Å². The van der Waals surface area contributed by atoms with Gasteiger partial charge in [-0.3, -0.25) is 0 Å². The van der Waals surface area contributed by atoms with Gasteiger partial charge in [-0.25, -0.2) is 9.18 Å². The number of rotatable bonds is 3. The summed E-state index contributed by atoms with van der Waals surface area (Å²) in [5, 5.41) is 4.57. The summed E-state index contributed by atoms with van der Waals surface area (Å²) in [7, 11) is 0. The molecule has 132 valence electrons. The van der Waals surface area contributed by atoms with Crippen molar-refractivity contribution in [3.8, 4) is 0 Å². The van der Waals surface area contributed by atoms with Crippen molar-refractivity contribution in [2.75, 3.05) is 5.32 Å². The Labute approximate surface area is 150 Å². The molecule has 0 unspecified atom stereocenters. The zero-order valence-electron chi connectivity index (χ0n) is 12.3. The quantitative estimate of drug-likeness (QED) is 0.639. The van der Waals surface area contributed by atoms with Gasteiger partial charge in [-0.05, 0) is 42.5 Å². The molecule has 2 N–H and O–H groups in total. The summed E-state index contributed by atoms with van der Waals surface area (Å²) in [6.07, 6.45) is -4.53. The molecule has 0 radical (unpaired) electrons. The van der Waals surface area contributed by atoms with Crippen molar-refractivity contribution < 1.29 is 22.4 Å². The molecule has 25 heavy (non-hydrogen) atoms. The first-order valence-corrected chi connectivity index (χ1v) is 7.49. The van der Waals surface area contributed by atoms with Crippen LogP contribution < -0.4 is 10.6 Å². The van der Waals surface area contributed by atoms with E-state index < -0.39 is 23.6 Å². The van der Waals surface area contributed by atoms with E-state index >= 15 is 0 Å². The first-order chi connectivity index (χ1) is 11.7. The lowest BCUT2D eigenvalue weighted by atomic mass is 10.1. The largest absolute Gasteiger partial charge is 0.416 e. The van der Waals surface area contributed by atoms with Gasteiger partial charge >= 0.3 is 12.2 Å². The number of nitrogens with one attached hydrogen (secondary N) is 2. The fourth-order valence-corrected chi connectivity index (χ4v) is 2.21. The maximum absolute atomic E-state index is 13.0. The molecule has 2 aromatic rings. The summed E-state index contributed by atoms with van der Waals surface area (Å²) in [6.45, 7) is 0. The Morgan fingerprint density at radius 1 is 1.00 bits per heavy atom. The van der Waals surface area contributed by atoms with Gasteiger partial charge in [0, 0.05) is 11.3 Å². The minimum absolute atomic E-state index is 0.0205. The second kappa shape index (κ2) is 7.76. The van der Waals surface area contributed by atoms with E-state index in [9.17, 15) is 22.4 Å². The second-order valence-corrected chi connectivity index (χ2v) is 5.75. The van der Waals surface area contributed by atoms with Gasteiger partial charge in [0.1, 0.15) is 10.3 Å². The van der Waals surface area contributed by atoms with E-state index in [0.29, 0.717) is 5.56 Å². The highest BCUT2D eigenvalue weighted by Gasteiger charge is 2.30. The Kier molecular flexibility index (Phi) is 5.92. The monoisotopic (exact) mass is 392 g/mol. The molecule has 9 heteroatoms. The molecule has 0 aliphatic carbocycles. The number of amides is 2. The zero-order chi connectivity index (χ0) is 18.6. The number of urea groups is 1. The Bertz CT molecular complexity index is 801. The highest BCUT2D eigenvalue weighted by molar-refractivity contribution is 6.58. The van der Waals surface area contributed by atoms with Crippen molar-refractivity contribution in [3.05, 3.63) is 70.0 Å². The van der Waals surface area contributed by atoms with Crippen LogP contribution in [-0.4, -0.2) is 6.03 Å². The van der Waals surface area contributed by atoms with Crippen LogP contribution >= 0.6 is 23.2 Å². The molecule has 2 amide bonds. The Balaban J connectivity index is 2.15. The molecule has 0 bridgehead atoms. The molecule has 3 nitrogen and oxygen atoms in total. The van der Waals surface area contributed by atoms with E-state index in [2.05, 4.69) is 10.6 Å². The van der Waals surface area contributed by atoms with Crippen molar-refractivity contribution in [3.63, 3.8) is 0 Å². The highest BCUT2D eigenvalue weighted by atomic mass is 35.5. The van der Waals surface area contributed by atoms with Gasteiger partial charge in [0.05, 0.1) is 11.3 Å². The second-order valence-electron chi connectivity index (χ2n) is 4.80. The molecule has 0 spiro atoms. The fraction of sp³-hybridized carbons (Fsp3) is 0.0625. The molecule has 2 aromatic carbocycles. The molecule has 0 aliphatic heterocycles. The number of halogens is 6. The fourth-order valence-electron chi connectivity index (χ4n) is 1.89. The number of carbonyl (C=O) groups excluding carboxylic acids is 1. The van der Waals surface area contributed by atoms with Gasteiger partial charge in [-0.1, -0.05) is 29.3 Å². The first-order valence-electron chi connectivity index (χ1n) is 6.73. The maximum Gasteiger partial charge on any atom is 0.416 e. The van der Waals surface area contributed by atoms with E-state index in [1.165, 1.54) is 18.2 Å². The minimum Gasteiger partial charge on any atom is -0.308 e. The van der Waals surface area contributed by atoms with Gasteiger partial charge in [0.15, 0.2) is 0 Å². The molecule has 0 saturated heterocycles. The van der Waals surface area contributed by atoms with Crippen LogP contribution in [0, 0.1) is 5.82 Å². The van der Waals surface area contributed by atoms with E-state index in [-0.39, 0.29) is 15.9 Å². The molecular weight excluding hydrogens is 383 g/mol. The molecule has 2 rings (SSSR count). The number of hydrogen-bond donors (Lipinski definition) is 2. The predicted octanol–water partition coefficient (Wildman–Crippen LogP) is 5.77. The van der Waals surface area contributed by atoms with Gasteiger partial charge < -0.3 is 10.6 Å². The Morgan fingerprint density at radius 2 is 1.64 bits per heavy atom. The average Bonchev–Trinajstić information content (AvgIpc) is 2.53. The third-order valence-electron chi connectivity index (χ3n) is 3.01. The van der Waals surface area contributed by atoms with Crippen LogP contribution in [0.3, 0.4) is 0 Å². The van der Waals surface area contributed by atoms with Crippen molar-refractivity contribution in [2.24, 2.45) is 0 Å². The van der Waals surface area contributed by atoms with Gasteiger partial charge in [-0.15, -0.1) is 0 Å². The van der Waals surface area contributed by atoms with Crippen molar-refractivity contribution in [2.45, 2.75) is 6.18 Å². The summed E-state index contributed by atoms with van der Waals surface area (Å²) in [5.74, 6) is -0.498. The number of hydrogen-bond acceptors (Lipinski definition) is 1. The van der Waals surface area contributed by atoms with Gasteiger partial charge in [0.2, 0.25) is 0 Å². The smallest absolute Gasteiger partial charge is 0.308 e. The van der Waals surface area contributed by atoms with Crippen molar-refractivity contribution >= 4 is 40.6 Å². The van der Waals surface area contributed by atoms with Crippen LogP contribution in [0.1, 0.15) is 11.1 Å².